The lowest BCUT2D eigenvalue weighted by molar-refractivity contribution is -0.119. The van der Waals surface area contributed by atoms with Gasteiger partial charge in [0, 0.05) is 0 Å². The molecular weight excluding hydrogens is 256 g/mol. The van der Waals surface area contributed by atoms with Crippen molar-refractivity contribution in [3.8, 4) is 0 Å². The maximum atomic E-state index is 11.8. The smallest absolute Gasteiger partial charge is 0.407 e. The molecule has 2 amide bonds. The molecule has 1 aliphatic rings. The molecule has 1 aliphatic carbocycles. The van der Waals surface area contributed by atoms with Gasteiger partial charge in [-0.25, -0.2) is 4.79 Å². The highest BCUT2D eigenvalue weighted by molar-refractivity contribution is 5.85. The van der Waals surface area contributed by atoms with E-state index in [1.807, 2.05) is 24.3 Å². The zero-order chi connectivity index (χ0) is 14.9. The van der Waals surface area contributed by atoms with Crippen LogP contribution in [0.3, 0.4) is 0 Å². The monoisotopic (exact) mass is 276 g/mol. The number of fused-ring (bicyclic) bond motifs is 1. The standard InChI is InChI=1S/C15H20N2O3/c1-15(2,3)20-14(19)17-11-8-9-6-4-5-7-10(9)12(11)13(16)18/h4-7,11-12H,8H2,1-3H3,(H2,16,18)(H,17,19)/t11-,12+/m0/s1. The number of ether oxygens (including phenoxy) is 1. The van der Waals surface area contributed by atoms with Crippen LogP contribution < -0.4 is 11.1 Å². The van der Waals surface area contributed by atoms with E-state index in [0.717, 1.165) is 11.1 Å². The molecule has 108 valence electrons. The van der Waals surface area contributed by atoms with Gasteiger partial charge in [-0.05, 0) is 38.3 Å². The summed E-state index contributed by atoms with van der Waals surface area (Å²) in [5, 5.41) is 2.75. The SMILES string of the molecule is CC(C)(C)OC(=O)N[C@H]1Cc2ccccc2[C@H]1C(N)=O. The molecule has 0 aromatic heterocycles. The van der Waals surface area contributed by atoms with Gasteiger partial charge in [0.1, 0.15) is 5.60 Å². The fraction of sp³-hybridized carbons (Fsp3) is 0.467. The Kier molecular flexibility index (Phi) is 3.70. The van der Waals surface area contributed by atoms with E-state index < -0.39 is 23.5 Å². The van der Waals surface area contributed by atoms with Gasteiger partial charge in [0.2, 0.25) is 5.91 Å². The summed E-state index contributed by atoms with van der Waals surface area (Å²) in [4.78, 5) is 23.5. The number of carbonyl (C=O) groups excluding carboxylic acids is 2. The molecule has 0 spiro atoms. The first-order valence-corrected chi connectivity index (χ1v) is 6.64. The van der Waals surface area contributed by atoms with Crippen molar-refractivity contribution in [2.75, 3.05) is 0 Å². The number of hydrogen-bond donors (Lipinski definition) is 2. The molecule has 5 heteroatoms. The lowest BCUT2D eigenvalue weighted by atomic mass is 9.98. The number of rotatable bonds is 2. The number of hydrogen-bond acceptors (Lipinski definition) is 3. The molecule has 20 heavy (non-hydrogen) atoms. The Labute approximate surface area is 118 Å². The van der Waals surface area contributed by atoms with E-state index in [-0.39, 0.29) is 6.04 Å². The molecule has 0 unspecified atom stereocenters. The molecule has 0 radical (unpaired) electrons. The maximum absolute atomic E-state index is 11.8. The Morgan fingerprint density at radius 3 is 2.55 bits per heavy atom. The van der Waals surface area contributed by atoms with Gasteiger partial charge in [-0.3, -0.25) is 4.79 Å². The van der Waals surface area contributed by atoms with Crippen LogP contribution in [0.1, 0.15) is 37.8 Å². The second-order valence-corrected chi connectivity index (χ2v) is 6.04. The van der Waals surface area contributed by atoms with Gasteiger partial charge in [-0.2, -0.15) is 0 Å². The molecule has 0 fully saturated rings. The van der Waals surface area contributed by atoms with Gasteiger partial charge in [-0.1, -0.05) is 24.3 Å². The van der Waals surface area contributed by atoms with Gasteiger partial charge in [0.15, 0.2) is 0 Å². The molecule has 0 aliphatic heterocycles. The van der Waals surface area contributed by atoms with Crippen LogP contribution in [-0.2, 0) is 16.0 Å². The summed E-state index contributed by atoms with van der Waals surface area (Å²) in [6.45, 7) is 5.38. The number of amides is 2. The number of nitrogens with two attached hydrogens (primary N) is 1. The zero-order valence-electron chi connectivity index (χ0n) is 12.0. The van der Waals surface area contributed by atoms with E-state index in [9.17, 15) is 9.59 Å². The minimum atomic E-state index is -0.572. The van der Waals surface area contributed by atoms with Crippen molar-refractivity contribution in [3.63, 3.8) is 0 Å². The van der Waals surface area contributed by atoms with Crippen LogP contribution in [-0.4, -0.2) is 23.6 Å². The van der Waals surface area contributed by atoms with Crippen LogP contribution in [0.4, 0.5) is 4.79 Å². The van der Waals surface area contributed by atoms with Gasteiger partial charge >= 0.3 is 6.09 Å². The van der Waals surface area contributed by atoms with Crippen molar-refractivity contribution in [2.45, 2.75) is 44.8 Å². The summed E-state index contributed by atoms with van der Waals surface area (Å²) in [5.74, 6) is -0.935. The van der Waals surface area contributed by atoms with E-state index in [0.29, 0.717) is 6.42 Å². The zero-order valence-corrected chi connectivity index (χ0v) is 12.0. The predicted octanol–water partition coefficient (Wildman–Crippen LogP) is 1.70. The fourth-order valence-corrected chi connectivity index (χ4v) is 2.54. The number of alkyl carbamates (subject to hydrolysis) is 1. The molecule has 0 saturated carbocycles. The van der Waals surface area contributed by atoms with Crippen molar-refractivity contribution in [2.24, 2.45) is 5.73 Å². The molecular formula is C15H20N2O3. The Hall–Kier alpha value is -2.04. The Morgan fingerprint density at radius 2 is 1.95 bits per heavy atom. The predicted molar refractivity (Wildman–Crippen MR) is 75.2 cm³/mol. The van der Waals surface area contributed by atoms with Crippen molar-refractivity contribution < 1.29 is 14.3 Å². The summed E-state index contributed by atoms with van der Waals surface area (Å²) in [5.41, 5.74) is 6.83. The largest absolute Gasteiger partial charge is 0.444 e. The summed E-state index contributed by atoms with van der Waals surface area (Å²) < 4.78 is 5.22. The second-order valence-electron chi connectivity index (χ2n) is 6.04. The van der Waals surface area contributed by atoms with Gasteiger partial charge < -0.3 is 15.8 Å². The fourth-order valence-electron chi connectivity index (χ4n) is 2.54. The number of benzene rings is 1. The highest BCUT2D eigenvalue weighted by Crippen LogP contribution is 2.33. The normalized spacial score (nSPS) is 21.1. The minimum Gasteiger partial charge on any atom is -0.444 e. The third-order valence-electron chi connectivity index (χ3n) is 3.24. The van der Waals surface area contributed by atoms with Crippen molar-refractivity contribution >= 4 is 12.0 Å². The average Bonchev–Trinajstić information content (AvgIpc) is 2.63. The highest BCUT2D eigenvalue weighted by atomic mass is 16.6. The average molecular weight is 276 g/mol. The molecule has 5 nitrogen and oxygen atoms in total. The van der Waals surface area contributed by atoms with Gasteiger partial charge in [0.05, 0.1) is 12.0 Å². The van der Waals surface area contributed by atoms with E-state index in [1.54, 1.807) is 20.8 Å². The summed E-state index contributed by atoms with van der Waals surface area (Å²) in [7, 11) is 0. The topological polar surface area (TPSA) is 81.4 Å². The summed E-state index contributed by atoms with van der Waals surface area (Å²) in [6, 6.07) is 7.25. The number of primary amides is 1. The van der Waals surface area contributed by atoms with E-state index in [2.05, 4.69) is 5.32 Å². The third-order valence-corrected chi connectivity index (χ3v) is 3.24. The molecule has 2 rings (SSSR count). The quantitative estimate of drug-likeness (QED) is 0.862. The Morgan fingerprint density at radius 1 is 1.30 bits per heavy atom. The van der Waals surface area contributed by atoms with Crippen LogP contribution in [0.15, 0.2) is 24.3 Å². The highest BCUT2D eigenvalue weighted by Gasteiger charge is 2.37. The van der Waals surface area contributed by atoms with E-state index >= 15 is 0 Å². The molecule has 1 aromatic rings. The van der Waals surface area contributed by atoms with Crippen LogP contribution in [0.2, 0.25) is 0 Å². The van der Waals surface area contributed by atoms with Crippen molar-refractivity contribution in [3.05, 3.63) is 35.4 Å². The molecule has 2 atom stereocenters. The van der Waals surface area contributed by atoms with Crippen molar-refractivity contribution in [1.29, 1.82) is 0 Å². The van der Waals surface area contributed by atoms with Gasteiger partial charge in [-0.15, -0.1) is 0 Å². The first kappa shape index (κ1) is 14.4. The Bertz CT molecular complexity index is 534. The third kappa shape index (κ3) is 3.10. The molecule has 0 saturated heterocycles. The van der Waals surface area contributed by atoms with Crippen LogP contribution >= 0.6 is 0 Å². The lowest BCUT2D eigenvalue weighted by Gasteiger charge is -2.23. The molecule has 0 heterocycles. The van der Waals surface area contributed by atoms with Crippen LogP contribution in [0, 0.1) is 0 Å². The molecule has 3 N–H and O–H groups in total. The first-order valence-electron chi connectivity index (χ1n) is 6.64. The maximum Gasteiger partial charge on any atom is 0.407 e. The number of carbonyl (C=O) groups is 2. The summed E-state index contributed by atoms with van der Waals surface area (Å²) >= 11 is 0. The van der Waals surface area contributed by atoms with E-state index in [4.69, 9.17) is 10.5 Å². The first-order chi connectivity index (χ1) is 9.28. The minimum absolute atomic E-state index is 0.347. The lowest BCUT2D eigenvalue weighted by Crippen LogP contribution is -2.44. The molecule has 1 aromatic carbocycles. The van der Waals surface area contributed by atoms with Crippen molar-refractivity contribution in [1.82, 2.24) is 5.32 Å². The van der Waals surface area contributed by atoms with E-state index in [1.165, 1.54) is 0 Å². The van der Waals surface area contributed by atoms with Crippen LogP contribution in [0.25, 0.3) is 0 Å². The second kappa shape index (κ2) is 5.15. The Balaban J connectivity index is 2.14. The van der Waals surface area contributed by atoms with Gasteiger partial charge in [0.25, 0.3) is 0 Å². The number of nitrogens with one attached hydrogen (secondary N) is 1. The summed E-state index contributed by atoms with van der Waals surface area (Å²) in [6.07, 6.45) is 0.0600. The van der Waals surface area contributed by atoms with Crippen LogP contribution in [0.5, 0.6) is 0 Å². The molecule has 0 bridgehead atoms.